The van der Waals surface area contributed by atoms with Gasteiger partial charge in [-0.15, -0.1) is 0 Å². The van der Waals surface area contributed by atoms with Gasteiger partial charge in [0.1, 0.15) is 12.6 Å². The zero-order valence-corrected chi connectivity index (χ0v) is 28.5. The predicted octanol–water partition coefficient (Wildman–Crippen LogP) is 7.16. The highest BCUT2D eigenvalue weighted by Crippen LogP contribution is 2.29. The first-order valence-corrected chi connectivity index (χ1v) is 17.4. The molecule has 4 aromatic carbocycles. The second kappa shape index (κ2) is 16.1. The van der Waals surface area contributed by atoms with Crippen LogP contribution in [0.2, 0.25) is 10.0 Å². The lowest BCUT2D eigenvalue weighted by Gasteiger charge is -2.34. The fraction of sp³-hybridized carbons (Fsp3) is 0.278. The van der Waals surface area contributed by atoms with E-state index in [1.165, 1.54) is 17.0 Å². The number of sulfonamides is 1. The molecule has 0 bridgehead atoms. The smallest absolute Gasteiger partial charge is 0.264 e. The van der Waals surface area contributed by atoms with Crippen molar-refractivity contribution in [1.82, 2.24) is 10.2 Å². The zero-order valence-electron chi connectivity index (χ0n) is 26.2. The maximum Gasteiger partial charge on any atom is 0.264 e. The van der Waals surface area contributed by atoms with E-state index < -0.39 is 28.5 Å². The highest BCUT2D eigenvalue weighted by molar-refractivity contribution is 7.92. The molecule has 1 atom stereocenters. The first-order valence-electron chi connectivity index (χ1n) is 15.2. The molecule has 242 valence electrons. The Kier molecular flexibility index (Phi) is 12.3. The van der Waals surface area contributed by atoms with Crippen LogP contribution in [-0.2, 0) is 39.0 Å². The number of rotatable bonds is 14. The molecule has 46 heavy (non-hydrogen) atoms. The van der Waals surface area contributed by atoms with Crippen molar-refractivity contribution in [2.75, 3.05) is 17.4 Å². The predicted molar refractivity (Wildman–Crippen MR) is 186 cm³/mol. The van der Waals surface area contributed by atoms with Crippen molar-refractivity contribution in [3.8, 4) is 0 Å². The number of nitrogens with one attached hydrogen (secondary N) is 1. The monoisotopic (exact) mass is 679 g/mol. The van der Waals surface area contributed by atoms with Crippen molar-refractivity contribution in [2.24, 2.45) is 5.92 Å². The lowest BCUT2D eigenvalue weighted by molar-refractivity contribution is -0.140. The molecule has 4 rings (SSSR count). The van der Waals surface area contributed by atoms with Gasteiger partial charge in [0, 0.05) is 19.5 Å². The summed E-state index contributed by atoms with van der Waals surface area (Å²) in [6.07, 6.45) is 0.765. The molecule has 0 radical (unpaired) electrons. The number of hydrogen-bond acceptors (Lipinski definition) is 4. The Balaban J connectivity index is 1.83. The highest BCUT2D eigenvalue weighted by Gasteiger charge is 2.35. The molecule has 10 heteroatoms. The Morgan fingerprint density at radius 3 is 2.07 bits per heavy atom. The quantitative estimate of drug-likeness (QED) is 0.153. The van der Waals surface area contributed by atoms with E-state index in [0.717, 1.165) is 15.4 Å². The topological polar surface area (TPSA) is 86.8 Å². The number of halogens is 2. The summed E-state index contributed by atoms with van der Waals surface area (Å²) >= 11 is 12.6. The number of benzene rings is 4. The molecular formula is C36H39Cl2N3O4S. The third-order valence-electron chi connectivity index (χ3n) is 7.54. The maximum atomic E-state index is 14.6. The van der Waals surface area contributed by atoms with Crippen molar-refractivity contribution in [3.05, 3.63) is 130 Å². The summed E-state index contributed by atoms with van der Waals surface area (Å²) in [5, 5.41) is 3.65. The van der Waals surface area contributed by atoms with Crippen LogP contribution in [-0.4, -0.2) is 44.3 Å². The van der Waals surface area contributed by atoms with Gasteiger partial charge in [0.05, 0.1) is 20.6 Å². The lowest BCUT2D eigenvalue weighted by Crippen LogP contribution is -2.53. The van der Waals surface area contributed by atoms with Crippen LogP contribution in [0, 0.1) is 5.92 Å². The lowest BCUT2D eigenvalue weighted by atomic mass is 10.0. The molecule has 0 aliphatic rings. The fourth-order valence-electron chi connectivity index (χ4n) is 5.10. The molecule has 4 aromatic rings. The Morgan fingerprint density at radius 2 is 1.43 bits per heavy atom. The van der Waals surface area contributed by atoms with Crippen molar-refractivity contribution in [3.63, 3.8) is 0 Å². The third kappa shape index (κ3) is 8.90. The SMILES string of the molecule is CCc1ccccc1N(CC(=O)N(Cc1ccc(Cl)c(Cl)c1)C(Cc1ccccc1)C(=O)NCC(C)C)S(=O)(=O)c1ccccc1. The number of carbonyl (C=O) groups is 2. The summed E-state index contributed by atoms with van der Waals surface area (Å²) in [6.45, 7) is 5.79. The minimum atomic E-state index is -4.18. The van der Waals surface area contributed by atoms with Gasteiger partial charge in [0.2, 0.25) is 11.8 Å². The highest BCUT2D eigenvalue weighted by atomic mass is 35.5. The average molecular weight is 681 g/mol. The minimum absolute atomic E-state index is 0.00301. The summed E-state index contributed by atoms with van der Waals surface area (Å²) < 4.78 is 29.6. The molecule has 0 aliphatic heterocycles. The fourth-order valence-corrected chi connectivity index (χ4v) is 6.89. The van der Waals surface area contributed by atoms with E-state index in [1.54, 1.807) is 48.5 Å². The number of para-hydroxylation sites is 1. The van der Waals surface area contributed by atoms with Gasteiger partial charge in [-0.3, -0.25) is 13.9 Å². The number of anilines is 1. The summed E-state index contributed by atoms with van der Waals surface area (Å²) in [4.78, 5) is 30.0. The van der Waals surface area contributed by atoms with Crippen molar-refractivity contribution in [2.45, 2.75) is 51.1 Å². The molecule has 0 aromatic heterocycles. The van der Waals surface area contributed by atoms with Gasteiger partial charge < -0.3 is 10.2 Å². The maximum absolute atomic E-state index is 14.6. The molecule has 1 unspecified atom stereocenters. The second-order valence-corrected chi connectivity index (χ2v) is 14.1. The Hall–Kier alpha value is -3.85. The first-order chi connectivity index (χ1) is 22.0. The van der Waals surface area contributed by atoms with Gasteiger partial charge in [-0.25, -0.2) is 8.42 Å². The third-order valence-corrected chi connectivity index (χ3v) is 10.1. The van der Waals surface area contributed by atoms with Crippen LogP contribution in [0.3, 0.4) is 0 Å². The average Bonchev–Trinajstić information content (AvgIpc) is 3.06. The van der Waals surface area contributed by atoms with Crippen molar-refractivity contribution in [1.29, 1.82) is 0 Å². The van der Waals surface area contributed by atoms with E-state index >= 15 is 0 Å². The number of carbonyl (C=O) groups excluding carboxylic acids is 2. The molecular weight excluding hydrogens is 641 g/mol. The van der Waals surface area contributed by atoms with Crippen molar-refractivity contribution >= 4 is 50.7 Å². The summed E-state index contributed by atoms with van der Waals surface area (Å²) in [6, 6.07) is 28.7. The number of amides is 2. The van der Waals surface area contributed by atoms with Crippen molar-refractivity contribution < 1.29 is 18.0 Å². The van der Waals surface area contributed by atoms with Crippen LogP contribution in [0.1, 0.15) is 37.5 Å². The summed E-state index contributed by atoms with van der Waals surface area (Å²) in [5.41, 5.74) is 2.66. The second-order valence-electron chi connectivity index (χ2n) is 11.4. The van der Waals surface area contributed by atoms with Gasteiger partial charge in [-0.1, -0.05) is 117 Å². The van der Waals surface area contributed by atoms with Gasteiger partial charge in [0.25, 0.3) is 10.0 Å². The molecule has 2 amide bonds. The molecule has 0 aliphatic carbocycles. The van der Waals surface area contributed by atoms with Crippen LogP contribution in [0.4, 0.5) is 5.69 Å². The molecule has 0 heterocycles. The molecule has 0 saturated heterocycles. The van der Waals surface area contributed by atoms with Gasteiger partial charge in [-0.2, -0.15) is 0 Å². The van der Waals surface area contributed by atoms with E-state index in [-0.39, 0.29) is 29.7 Å². The largest absolute Gasteiger partial charge is 0.354 e. The zero-order chi connectivity index (χ0) is 33.3. The van der Waals surface area contributed by atoms with Gasteiger partial charge in [0.15, 0.2) is 0 Å². The molecule has 0 saturated carbocycles. The van der Waals surface area contributed by atoms with E-state index in [4.69, 9.17) is 23.2 Å². The van der Waals surface area contributed by atoms with E-state index in [0.29, 0.717) is 34.3 Å². The normalized spacial score (nSPS) is 12.0. The van der Waals surface area contributed by atoms with Crippen LogP contribution in [0.5, 0.6) is 0 Å². The molecule has 0 spiro atoms. The number of nitrogens with zero attached hydrogens (tertiary/aromatic N) is 2. The van der Waals surface area contributed by atoms with Crippen LogP contribution < -0.4 is 9.62 Å². The standard InChI is InChI=1S/C36H39Cl2N3O4S/c1-4-29-15-11-12-18-33(29)41(46(44,45)30-16-9-6-10-17-30)25-35(42)40(24-28-19-20-31(37)32(38)21-28)34(36(43)39-23-26(2)3)22-27-13-7-5-8-14-27/h5-21,26,34H,4,22-25H2,1-3H3,(H,39,43). The molecule has 1 N–H and O–H groups in total. The van der Waals surface area contributed by atoms with Crippen LogP contribution >= 0.6 is 23.2 Å². The minimum Gasteiger partial charge on any atom is -0.354 e. The molecule has 0 fully saturated rings. The Labute approximate surface area is 282 Å². The summed E-state index contributed by atoms with van der Waals surface area (Å²) in [5.74, 6) is -0.702. The molecule has 7 nitrogen and oxygen atoms in total. The number of hydrogen-bond donors (Lipinski definition) is 1. The van der Waals surface area contributed by atoms with E-state index in [1.807, 2.05) is 63.2 Å². The van der Waals surface area contributed by atoms with Crippen LogP contribution in [0.15, 0.2) is 108 Å². The summed E-state index contributed by atoms with van der Waals surface area (Å²) in [7, 11) is -4.18. The van der Waals surface area contributed by atoms with E-state index in [9.17, 15) is 18.0 Å². The Morgan fingerprint density at radius 1 is 0.804 bits per heavy atom. The van der Waals surface area contributed by atoms with Gasteiger partial charge >= 0.3 is 0 Å². The van der Waals surface area contributed by atoms with E-state index in [2.05, 4.69) is 5.32 Å². The van der Waals surface area contributed by atoms with Crippen LogP contribution in [0.25, 0.3) is 0 Å². The Bertz CT molecular complexity index is 1730. The first kappa shape index (κ1) is 35.0. The van der Waals surface area contributed by atoms with Gasteiger partial charge in [-0.05, 0) is 59.4 Å². The number of aryl methyl sites for hydroxylation is 1.